The third-order valence-electron chi connectivity index (χ3n) is 2.50. The van der Waals surface area contributed by atoms with Gasteiger partial charge in [0.1, 0.15) is 5.69 Å². The van der Waals surface area contributed by atoms with Gasteiger partial charge in [0.2, 0.25) is 12.3 Å². The molecule has 1 amide bonds. The predicted molar refractivity (Wildman–Crippen MR) is 74.2 cm³/mol. The summed E-state index contributed by atoms with van der Waals surface area (Å²) in [6.07, 6.45) is 1.26. The van der Waals surface area contributed by atoms with Crippen LogP contribution in [0.25, 0.3) is 11.5 Å². The topological polar surface area (TPSA) is 107 Å². The standard InChI is InChI=1S/C12H9N5O2S/c13-12-16-9(5-20-12)10(18)15-8-3-1-7(2-4-8)11-17-14-6-19-11/h1-6H,(H2,13,16)(H,15,18). The highest BCUT2D eigenvalue weighted by atomic mass is 32.1. The highest BCUT2D eigenvalue weighted by molar-refractivity contribution is 7.13. The first-order chi connectivity index (χ1) is 9.72. The van der Waals surface area contributed by atoms with E-state index in [0.717, 1.165) is 5.56 Å². The molecule has 0 fully saturated rings. The first-order valence-electron chi connectivity index (χ1n) is 5.61. The molecule has 3 N–H and O–H groups in total. The van der Waals surface area contributed by atoms with Crippen LogP contribution in [0.3, 0.4) is 0 Å². The van der Waals surface area contributed by atoms with Gasteiger partial charge in [0.15, 0.2) is 5.13 Å². The third kappa shape index (κ3) is 2.50. The van der Waals surface area contributed by atoms with Crippen LogP contribution < -0.4 is 11.1 Å². The van der Waals surface area contributed by atoms with Gasteiger partial charge in [-0.3, -0.25) is 4.79 Å². The molecule has 3 aromatic rings. The zero-order valence-corrected chi connectivity index (χ0v) is 10.9. The van der Waals surface area contributed by atoms with Crippen LogP contribution in [-0.2, 0) is 0 Å². The second kappa shape index (κ2) is 5.10. The Bertz CT molecular complexity index is 721. The van der Waals surface area contributed by atoms with Gasteiger partial charge in [-0.2, -0.15) is 0 Å². The van der Waals surface area contributed by atoms with Crippen LogP contribution in [0.2, 0.25) is 0 Å². The summed E-state index contributed by atoms with van der Waals surface area (Å²) >= 11 is 1.22. The van der Waals surface area contributed by atoms with Crippen LogP contribution in [0.15, 0.2) is 40.5 Å². The van der Waals surface area contributed by atoms with Crippen LogP contribution in [-0.4, -0.2) is 21.1 Å². The van der Waals surface area contributed by atoms with Crippen molar-refractivity contribution in [3.63, 3.8) is 0 Å². The molecular weight excluding hydrogens is 278 g/mol. The lowest BCUT2D eigenvalue weighted by molar-refractivity contribution is 0.102. The van der Waals surface area contributed by atoms with Crippen molar-refractivity contribution in [3.05, 3.63) is 41.7 Å². The first kappa shape index (κ1) is 12.3. The van der Waals surface area contributed by atoms with Gasteiger partial charge in [0.25, 0.3) is 5.91 Å². The molecule has 0 saturated carbocycles. The maximum atomic E-state index is 11.9. The summed E-state index contributed by atoms with van der Waals surface area (Å²) in [7, 11) is 0. The Morgan fingerprint density at radius 1 is 1.30 bits per heavy atom. The Morgan fingerprint density at radius 2 is 2.10 bits per heavy atom. The van der Waals surface area contributed by atoms with Gasteiger partial charge in [0, 0.05) is 16.6 Å². The van der Waals surface area contributed by atoms with E-state index in [0.29, 0.717) is 22.4 Å². The molecule has 2 aromatic heterocycles. The molecule has 0 atom stereocenters. The maximum Gasteiger partial charge on any atom is 0.275 e. The van der Waals surface area contributed by atoms with E-state index in [1.807, 2.05) is 0 Å². The van der Waals surface area contributed by atoms with E-state index in [9.17, 15) is 4.79 Å². The summed E-state index contributed by atoms with van der Waals surface area (Å²) in [6.45, 7) is 0. The molecule has 3 rings (SSSR count). The van der Waals surface area contributed by atoms with Crippen molar-refractivity contribution in [2.45, 2.75) is 0 Å². The molecule has 20 heavy (non-hydrogen) atoms. The lowest BCUT2D eigenvalue weighted by Crippen LogP contribution is -2.12. The van der Waals surface area contributed by atoms with E-state index in [-0.39, 0.29) is 5.91 Å². The van der Waals surface area contributed by atoms with Gasteiger partial charge >= 0.3 is 0 Å². The van der Waals surface area contributed by atoms with Crippen molar-refractivity contribution in [2.75, 3.05) is 11.1 Å². The fourth-order valence-electron chi connectivity index (χ4n) is 1.58. The monoisotopic (exact) mass is 287 g/mol. The third-order valence-corrected chi connectivity index (χ3v) is 3.18. The summed E-state index contributed by atoms with van der Waals surface area (Å²) < 4.78 is 5.08. The summed E-state index contributed by atoms with van der Waals surface area (Å²) in [5, 5.41) is 12.1. The van der Waals surface area contributed by atoms with Crippen molar-refractivity contribution in [1.29, 1.82) is 0 Å². The highest BCUT2D eigenvalue weighted by Crippen LogP contribution is 2.19. The number of hydrogen-bond acceptors (Lipinski definition) is 7. The van der Waals surface area contributed by atoms with Gasteiger partial charge in [0.05, 0.1) is 0 Å². The second-order valence-corrected chi connectivity index (χ2v) is 4.74. The zero-order chi connectivity index (χ0) is 13.9. The Labute approximate surface area is 117 Å². The number of nitrogen functional groups attached to an aromatic ring is 1. The van der Waals surface area contributed by atoms with Crippen LogP contribution in [0.1, 0.15) is 10.5 Å². The van der Waals surface area contributed by atoms with Gasteiger partial charge in [-0.05, 0) is 24.3 Å². The van der Waals surface area contributed by atoms with Crippen LogP contribution in [0, 0.1) is 0 Å². The van der Waals surface area contributed by atoms with E-state index >= 15 is 0 Å². The number of nitrogens with zero attached hydrogens (tertiary/aromatic N) is 3. The number of hydrogen-bond donors (Lipinski definition) is 2. The van der Waals surface area contributed by atoms with Gasteiger partial charge in [-0.1, -0.05) is 0 Å². The Kier molecular flexibility index (Phi) is 3.13. The number of benzene rings is 1. The van der Waals surface area contributed by atoms with Crippen molar-refractivity contribution in [1.82, 2.24) is 15.2 Å². The van der Waals surface area contributed by atoms with E-state index in [2.05, 4.69) is 20.5 Å². The number of carbonyl (C=O) groups excluding carboxylic acids is 1. The Morgan fingerprint density at radius 3 is 2.70 bits per heavy atom. The molecule has 2 heterocycles. The minimum atomic E-state index is -0.302. The van der Waals surface area contributed by atoms with Crippen LogP contribution in [0.5, 0.6) is 0 Å². The molecule has 8 heteroatoms. The molecule has 7 nitrogen and oxygen atoms in total. The van der Waals surface area contributed by atoms with Crippen molar-refractivity contribution >= 4 is 28.1 Å². The molecule has 0 saturated heterocycles. The molecule has 0 aliphatic heterocycles. The van der Waals surface area contributed by atoms with Crippen LogP contribution in [0.4, 0.5) is 10.8 Å². The number of rotatable bonds is 3. The first-order valence-corrected chi connectivity index (χ1v) is 6.49. The van der Waals surface area contributed by atoms with Crippen molar-refractivity contribution in [2.24, 2.45) is 0 Å². The van der Waals surface area contributed by atoms with Gasteiger partial charge in [-0.25, -0.2) is 4.98 Å². The van der Waals surface area contributed by atoms with E-state index in [4.69, 9.17) is 10.2 Å². The summed E-state index contributed by atoms with van der Waals surface area (Å²) in [6, 6.07) is 7.04. The van der Waals surface area contributed by atoms with E-state index < -0.39 is 0 Å². The fourth-order valence-corrected chi connectivity index (χ4v) is 2.13. The number of nitrogens with two attached hydrogens (primary N) is 1. The maximum absolute atomic E-state index is 11.9. The largest absolute Gasteiger partial charge is 0.423 e. The molecule has 1 aromatic carbocycles. The molecule has 0 unspecified atom stereocenters. The summed E-state index contributed by atoms with van der Waals surface area (Å²) in [5.41, 5.74) is 7.21. The number of thiazole rings is 1. The quantitative estimate of drug-likeness (QED) is 0.763. The zero-order valence-electron chi connectivity index (χ0n) is 10.1. The number of amides is 1. The average molecular weight is 287 g/mol. The SMILES string of the molecule is Nc1nc(C(=O)Nc2ccc(-c3nnco3)cc2)cs1. The minimum Gasteiger partial charge on any atom is -0.423 e. The number of aromatic nitrogens is 3. The fraction of sp³-hybridized carbons (Fsp3) is 0. The van der Waals surface area contributed by atoms with E-state index in [1.54, 1.807) is 29.6 Å². The van der Waals surface area contributed by atoms with Crippen LogP contribution >= 0.6 is 11.3 Å². The molecule has 0 aliphatic rings. The number of carbonyl (C=O) groups is 1. The average Bonchev–Trinajstić information content (AvgIpc) is 3.10. The van der Waals surface area contributed by atoms with Gasteiger partial charge in [-0.15, -0.1) is 21.5 Å². The Balaban J connectivity index is 1.74. The summed E-state index contributed by atoms with van der Waals surface area (Å²) in [5.74, 6) is 0.124. The molecule has 0 spiro atoms. The molecule has 0 aliphatic carbocycles. The molecular formula is C12H9N5O2S. The number of nitrogens with one attached hydrogen (secondary N) is 1. The van der Waals surface area contributed by atoms with Gasteiger partial charge < -0.3 is 15.5 Å². The number of anilines is 2. The normalized spacial score (nSPS) is 10.4. The molecule has 100 valence electrons. The van der Waals surface area contributed by atoms with Crippen molar-refractivity contribution < 1.29 is 9.21 Å². The molecule has 0 radical (unpaired) electrons. The predicted octanol–water partition coefficient (Wildman–Crippen LogP) is 2.03. The minimum absolute atomic E-state index is 0.300. The highest BCUT2D eigenvalue weighted by Gasteiger charge is 2.10. The molecule has 0 bridgehead atoms. The second-order valence-electron chi connectivity index (χ2n) is 3.85. The van der Waals surface area contributed by atoms with E-state index in [1.165, 1.54) is 17.7 Å². The Hall–Kier alpha value is -2.74. The van der Waals surface area contributed by atoms with Crippen molar-refractivity contribution in [3.8, 4) is 11.5 Å². The smallest absolute Gasteiger partial charge is 0.275 e. The lowest BCUT2D eigenvalue weighted by atomic mass is 10.2. The lowest BCUT2D eigenvalue weighted by Gasteiger charge is -2.03. The summed E-state index contributed by atoms with van der Waals surface area (Å²) in [4.78, 5) is 15.8.